The third-order valence-corrected chi connectivity index (χ3v) is 4.51. The quantitative estimate of drug-likeness (QED) is 0.850. The number of rotatable bonds is 4. The molecular formula is C15H22FN3O2. The molecular weight excluding hydrogens is 273 g/mol. The van der Waals surface area contributed by atoms with Gasteiger partial charge < -0.3 is 14.4 Å². The monoisotopic (exact) mass is 295 g/mol. The lowest BCUT2D eigenvalue weighted by Gasteiger charge is -2.38. The normalized spacial score (nSPS) is 24.7. The maximum atomic E-state index is 12.9. The van der Waals surface area contributed by atoms with E-state index in [1.807, 2.05) is 6.92 Å². The molecule has 1 atom stereocenters. The maximum absolute atomic E-state index is 12.9. The van der Waals surface area contributed by atoms with Gasteiger partial charge in [-0.25, -0.2) is 14.4 Å². The Hall–Kier alpha value is -1.27. The Morgan fingerprint density at radius 1 is 1.38 bits per heavy atom. The molecule has 0 radical (unpaired) electrons. The van der Waals surface area contributed by atoms with Gasteiger partial charge in [0.2, 0.25) is 5.95 Å². The SMILES string of the molecule is CCOC[C@H]1CC2(CCN(c3ncc(F)cn3)CC2)CO1. The van der Waals surface area contributed by atoms with Crippen molar-refractivity contribution in [1.82, 2.24) is 9.97 Å². The fraction of sp³-hybridized carbons (Fsp3) is 0.733. The predicted molar refractivity (Wildman–Crippen MR) is 76.7 cm³/mol. The van der Waals surface area contributed by atoms with E-state index in [4.69, 9.17) is 9.47 Å². The lowest BCUT2D eigenvalue weighted by Crippen LogP contribution is -2.41. The smallest absolute Gasteiger partial charge is 0.225 e. The number of piperidine rings is 1. The van der Waals surface area contributed by atoms with Crippen LogP contribution in [-0.4, -0.2) is 49.0 Å². The van der Waals surface area contributed by atoms with Crippen LogP contribution in [-0.2, 0) is 9.47 Å². The zero-order valence-corrected chi connectivity index (χ0v) is 12.4. The highest BCUT2D eigenvalue weighted by Gasteiger charge is 2.42. The van der Waals surface area contributed by atoms with Crippen LogP contribution in [0.5, 0.6) is 0 Å². The minimum absolute atomic E-state index is 0.235. The minimum Gasteiger partial charge on any atom is -0.379 e. The molecule has 2 aliphatic rings. The van der Waals surface area contributed by atoms with Gasteiger partial charge in [-0.15, -0.1) is 0 Å². The van der Waals surface area contributed by atoms with E-state index < -0.39 is 5.82 Å². The van der Waals surface area contributed by atoms with Gasteiger partial charge in [-0.05, 0) is 31.6 Å². The number of hydrogen-bond acceptors (Lipinski definition) is 5. The fourth-order valence-electron chi connectivity index (χ4n) is 3.25. The number of anilines is 1. The number of aromatic nitrogens is 2. The Morgan fingerprint density at radius 3 is 2.76 bits per heavy atom. The van der Waals surface area contributed by atoms with Gasteiger partial charge in [-0.1, -0.05) is 0 Å². The summed E-state index contributed by atoms with van der Waals surface area (Å²) in [7, 11) is 0. The first kappa shape index (κ1) is 14.7. The van der Waals surface area contributed by atoms with Gasteiger partial charge in [0.1, 0.15) is 0 Å². The van der Waals surface area contributed by atoms with E-state index in [-0.39, 0.29) is 11.5 Å². The second-order valence-corrected chi connectivity index (χ2v) is 5.98. The van der Waals surface area contributed by atoms with E-state index in [0.717, 1.165) is 45.6 Å². The van der Waals surface area contributed by atoms with Crippen molar-refractivity contribution in [2.45, 2.75) is 32.3 Å². The zero-order valence-electron chi connectivity index (χ0n) is 12.4. The van der Waals surface area contributed by atoms with Crippen LogP contribution >= 0.6 is 0 Å². The molecule has 3 heterocycles. The van der Waals surface area contributed by atoms with Gasteiger partial charge in [0, 0.05) is 19.7 Å². The minimum atomic E-state index is -0.393. The van der Waals surface area contributed by atoms with Crippen LogP contribution in [0.1, 0.15) is 26.2 Å². The lowest BCUT2D eigenvalue weighted by molar-refractivity contribution is 0.0183. The number of hydrogen-bond donors (Lipinski definition) is 0. The Labute approximate surface area is 124 Å². The maximum Gasteiger partial charge on any atom is 0.225 e. The summed E-state index contributed by atoms with van der Waals surface area (Å²) in [6.45, 7) is 6.06. The summed E-state index contributed by atoms with van der Waals surface area (Å²) in [5.74, 6) is 0.228. The Morgan fingerprint density at radius 2 is 2.10 bits per heavy atom. The van der Waals surface area contributed by atoms with Crippen molar-refractivity contribution in [3.05, 3.63) is 18.2 Å². The molecule has 0 saturated carbocycles. The molecule has 0 bridgehead atoms. The molecule has 3 rings (SSSR count). The summed E-state index contributed by atoms with van der Waals surface area (Å²) >= 11 is 0. The van der Waals surface area contributed by atoms with Crippen molar-refractivity contribution in [3.63, 3.8) is 0 Å². The van der Waals surface area contributed by atoms with Crippen LogP contribution < -0.4 is 4.90 Å². The van der Waals surface area contributed by atoms with E-state index in [1.165, 1.54) is 12.4 Å². The molecule has 0 aromatic carbocycles. The van der Waals surface area contributed by atoms with Crippen molar-refractivity contribution >= 4 is 5.95 Å². The van der Waals surface area contributed by atoms with Crippen LogP contribution in [0.15, 0.2) is 12.4 Å². The van der Waals surface area contributed by atoms with Gasteiger partial charge in [0.05, 0.1) is 31.7 Å². The second-order valence-electron chi connectivity index (χ2n) is 5.98. The molecule has 2 saturated heterocycles. The second kappa shape index (κ2) is 6.23. The summed E-state index contributed by atoms with van der Waals surface area (Å²) in [5.41, 5.74) is 0.276. The van der Waals surface area contributed by atoms with Crippen molar-refractivity contribution in [1.29, 1.82) is 0 Å². The largest absolute Gasteiger partial charge is 0.379 e. The van der Waals surface area contributed by atoms with Crippen LogP contribution in [0.2, 0.25) is 0 Å². The Balaban J connectivity index is 1.54. The van der Waals surface area contributed by atoms with E-state index >= 15 is 0 Å². The van der Waals surface area contributed by atoms with E-state index in [9.17, 15) is 4.39 Å². The summed E-state index contributed by atoms with van der Waals surface area (Å²) in [4.78, 5) is 10.2. The third-order valence-electron chi connectivity index (χ3n) is 4.51. The van der Waals surface area contributed by atoms with Crippen LogP contribution in [0.4, 0.5) is 10.3 Å². The summed E-state index contributed by atoms with van der Waals surface area (Å²) in [6, 6.07) is 0. The fourth-order valence-corrected chi connectivity index (χ4v) is 3.25. The zero-order chi connectivity index (χ0) is 14.7. The first-order valence-corrected chi connectivity index (χ1v) is 7.63. The van der Waals surface area contributed by atoms with E-state index in [1.54, 1.807) is 0 Å². The molecule has 2 fully saturated rings. The molecule has 116 valence electrons. The molecule has 0 unspecified atom stereocenters. The van der Waals surface area contributed by atoms with Gasteiger partial charge in [-0.2, -0.15) is 0 Å². The highest BCUT2D eigenvalue weighted by molar-refractivity contribution is 5.29. The standard InChI is InChI=1S/C15H22FN3O2/c1-2-20-10-13-7-15(11-21-13)3-5-19(6-4-15)14-17-8-12(16)9-18-14/h8-9,13H,2-7,10-11H2,1H3/t13-/m1/s1. The molecule has 0 aliphatic carbocycles. The third kappa shape index (κ3) is 3.32. The first-order valence-electron chi connectivity index (χ1n) is 7.63. The summed E-state index contributed by atoms with van der Waals surface area (Å²) in [6.07, 6.45) is 5.89. The molecule has 0 amide bonds. The summed E-state index contributed by atoms with van der Waals surface area (Å²) in [5, 5.41) is 0. The number of nitrogens with zero attached hydrogens (tertiary/aromatic N) is 3. The molecule has 1 aromatic rings. The topological polar surface area (TPSA) is 47.5 Å². The van der Waals surface area contributed by atoms with E-state index in [2.05, 4.69) is 14.9 Å². The molecule has 1 aromatic heterocycles. The van der Waals surface area contributed by atoms with Crippen molar-refractivity contribution in [3.8, 4) is 0 Å². The Kier molecular flexibility index (Phi) is 4.35. The van der Waals surface area contributed by atoms with Crippen molar-refractivity contribution in [2.75, 3.05) is 37.8 Å². The highest BCUT2D eigenvalue weighted by atomic mass is 19.1. The molecule has 2 aliphatic heterocycles. The van der Waals surface area contributed by atoms with Crippen LogP contribution in [0.25, 0.3) is 0 Å². The van der Waals surface area contributed by atoms with Gasteiger partial charge in [0.15, 0.2) is 5.82 Å². The molecule has 0 N–H and O–H groups in total. The van der Waals surface area contributed by atoms with Crippen molar-refractivity contribution in [2.24, 2.45) is 5.41 Å². The molecule has 5 nitrogen and oxygen atoms in total. The molecule has 1 spiro atoms. The number of halogens is 1. The average Bonchev–Trinajstić information content (AvgIpc) is 2.90. The lowest BCUT2D eigenvalue weighted by atomic mass is 9.77. The van der Waals surface area contributed by atoms with Gasteiger partial charge >= 0.3 is 0 Å². The van der Waals surface area contributed by atoms with Gasteiger partial charge in [0.25, 0.3) is 0 Å². The van der Waals surface area contributed by atoms with Crippen LogP contribution in [0, 0.1) is 11.2 Å². The Bertz CT molecular complexity index is 460. The van der Waals surface area contributed by atoms with Gasteiger partial charge in [-0.3, -0.25) is 0 Å². The van der Waals surface area contributed by atoms with E-state index in [0.29, 0.717) is 12.6 Å². The molecule has 21 heavy (non-hydrogen) atoms. The van der Waals surface area contributed by atoms with Crippen LogP contribution in [0.3, 0.4) is 0 Å². The number of ether oxygens (including phenoxy) is 2. The molecule has 6 heteroatoms. The first-order chi connectivity index (χ1) is 10.2. The average molecular weight is 295 g/mol. The summed E-state index contributed by atoms with van der Waals surface area (Å²) < 4.78 is 24.2. The predicted octanol–water partition coefficient (Wildman–Crippen LogP) is 2.03. The van der Waals surface area contributed by atoms with Crippen molar-refractivity contribution < 1.29 is 13.9 Å². The highest BCUT2D eigenvalue weighted by Crippen LogP contribution is 2.42.